The summed E-state index contributed by atoms with van der Waals surface area (Å²) in [6, 6.07) is 0.446. The number of carbonyl (C=O) groups excluding carboxylic acids is 1. The molecule has 2 rings (SSSR count). The molecule has 1 unspecified atom stereocenters. The van der Waals surface area contributed by atoms with Crippen molar-refractivity contribution in [2.75, 3.05) is 19.6 Å². The number of carbonyl (C=O) groups is 1. The van der Waals surface area contributed by atoms with E-state index in [1.807, 2.05) is 4.90 Å². The minimum atomic E-state index is 0.333. The minimum Gasteiger partial charge on any atom is -0.340 e. The Labute approximate surface area is 91.5 Å². The first-order chi connectivity index (χ1) is 7.25. The summed E-state index contributed by atoms with van der Waals surface area (Å²) in [5.41, 5.74) is 0. The Bertz CT molecular complexity index is 262. The molecule has 1 N–H and O–H groups in total. The van der Waals surface area contributed by atoms with E-state index in [0.717, 1.165) is 32.5 Å². The molecule has 3 heteroatoms. The summed E-state index contributed by atoms with van der Waals surface area (Å²) >= 11 is 0. The lowest BCUT2D eigenvalue weighted by atomic mass is 10.0. The smallest absolute Gasteiger partial charge is 0.223 e. The first-order valence-corrected chi connectivity index (χ1v) is 5.93. The van der Waals surface area contributed by atoms with E-state index in [1.54, 1.807) is 0 Å². The first-order valence-electron chi connectivity index (χ1n) is 5.93. The van der Waals surface area contributed by atoms with Crippen LogP contribution in [-0.4, -0.2) is 36.5 Å². The highest BCUT2D eigenvalue weighted by molar-refractivity contribution is 5.76. The Hall–Kier alpha value is -0.830. The lowest BCUT2D eigenvalue weighted by molar-refractivity contribution is -0.133. The van der Waals surface area contributed by atoms with Crippen molar-refractivity contribution < 1.29 is 4.79 Å². The van der Waals surface area contributed by atoms with E-state index in [9.17, 15) is 4.79 Å². The van der Waals surface area contributed by atoms with Gasteiger partial charge in [-0.25, -0.2) is 0 Å². The number of amides is 1. The fraction of sp³-hybridized carbons (Fsp3) is 0.750. The van der Waals surface area contributed by atoms with Gasteiger partial charge in [0.15, 0.2) is 0 Å². The SMILES string of the molecule is C[C@H]1CN(C(=O)CC2C=CCC2)CCN1. The lowest BCUT2D eigenvalue weighted by Crippen LogP contribution is -2.51. The first kappa shape index (κ1) is 10.7. The number of allylic oxidation sites excluding steroid dienone is 2. The van der Waals surface area contributed by atoms with Crippen LogP contribution < -0.4 is 5.32 Å². The second-order valence-electron chi connectivity index (χ2n) is 4.66. The van der Waals surface area contributed by atoms with Gasteiger partial charge in [-0.15, -0.1) is 0 Å². The van der Waals surface area contributed by atoms with Crippen LogP contribution in [0, 0.1) is 5.92 Å². The van der Waals surface area contributed by atoms with Gasteiger partial charge < -0.3 is 10.2 Å². The molecule has 1 saturated heterocycles. The highest BCUT2D eigenvalue weighted by atomic mass is 16.2. The molecule has 0 saturated carbocycles. The average Bonchev–Trinajstić information content (AvgIpc) is 2.70. The molecule has 2 aliphatic rings. The number of rotatable bonds is 2. The Balaban J connectivity index is 1.81. The van der Waals surface area contributed by atoms with Gasteiger partial charge in [0.2, 0.25) is 5.91 Å². The van der Waals surface area contributed by atoms with Crippen molar-refractivity contribution in [3.8, 4) is 0 Å². The van der Waals surface area contributed by atoms with Crippen molar-refractivity contribution in [2.24, 2.45) is 5.92 Å². The topological polar surface area (TPSA) is 32.3 Å². The Morgan fingerprint density at radius 1 is 1.60 bits per heavy atom. The summed E-state index contributed by atoms with van der Waals surface area (Å²) in [5.74, 6) is 0.836. The van der Waals surface area contributed by atoms with E-state index in [0.29, 0.717) is 24.3 Å². The van der Waals surface area contributed by atoms with Crippen LogP contribution in [0.5, 0.6) is 0 Å². The van der Waals surface area contributed by atoms with Crippen molar-refractivity contribution in [1.82, 2.24) is 10.2 Å². The third kappa shape index (κ3) is 2.81. The fourth-order valence-electron chi connectivity index (χ4n) is 2.38. The Kier molecular flexibility index (Phi) is 3.41. The molecule has 15 heavy (non-hydrogen) atoms. The standard InChI is InChI=1S/C12H20N2O/c1-10-9-14(7-6-13-10)12(15)8-11-4-2-3-5-11/h2,4,10-11,13H,3,5-9H2,1H3/t10-,11?/m0/s1. The molecule has 3 nitrogen and oxygen atoms in total. The molecule has 0 aromatic carbocycles. The van der Waals surface area contributed by atoms with E-state index < -0.39 is 0 Å². The van der Waals surface area contributed by atoms with Gasteiger partial charge in [-0.1, -0.05) is 12.2 Å². The maximum atomic E-state index is 12.0. The highest BCUT2D eigenvalue weighted by Crippen LogP contribution is 2.21. The summed E-state index contributed by atoms with van der Waals surface area (Å²) in [4.78, 5) is 14.0. The van der Waals surface area contributed by atoms with Crippen LogP contribution in [0.25, 0.3) is 0 Å². The third-order valence-electron chi connectivity index (χ3n) is 3.27. The fourth-order valence-corrected chi connectivity index (χ4v) is 2.38. The van der Waals surface area contributed by atoms with Gasteiger partial charge in [0.1, 0.15) is 0 Å². The summed E-state index contributed by atoms with van der Waals surface area (Å²) in [7, 11) is 0. The van der Waals surface area contributed by atoms with E-state index in [2.05, 4.69) is 24.4 Å². The lowest BCUT2D eigenvalue weighted by Gasteiger charge is -2.32. The van der Waals surface area contributed by atoms with E-state index in [4.69, 9.17) is 0 Å². The average molecular weight is 208 g/mol. The van der Waals surface area contributed by atoms with Gasteiger partial charge in [0.05, 0.1) is 0 Å². The van der Waals surface area contributed by atoms with Crippen LogP contribution >= 0.6 is 0 Å². The molecule has 0 radical (unpaired) electrons. The molecular formula is C12H20N2O. The molecule has 0 spiro atoms. The molecule has 84 valence electrons. The normalized spacial score (nSPS) is 30.9. The van der Waals surface area contributed by atoms with Gasteiger partial charge in [-0.05, 0) is 25.7 Å². The number of hydrogen-bond donors (Lipinski definition) is 1. The molecule has 0 aromatic heterocycles. The maximum Gasteiger partial charge on any atom is 0.223 e. The van der Waals surface area contributed by atoms with Crippen LogP contribution in [-0.2, 0) is 4.79 Å². The third-order valence-corrected chi connectivity index (χ3v) is 3.27. The van der Waals surface area contributed by atoms with Gasteiger partial charge in [0.25, 0.3) is 0 Å². The van der Waals surface area contributed by atoms with Gasteiger partial charge in [-0.3, -0.25) is 4.79 Å². The van der Waals surface area contributed by atoms with Crippen LogP contribution in [0.4, 0.5) is 0 Å². The zero-order valence-corrected chi connectivity index (χ0v) is 9.41. The summed E-state index contributed by atoms with van der Waals surface area (Å²) in [6.07, 6.45) is 7.41. The van der Waals surface area contributed by atoms with Crippen LogP contribution in [0.2, 0.25) is 0 Å². The molecule has 1 heterocycles. The monoisotopic (exact) mass is 208 g/mol. The van der Waals surface area contributed by atoms with E-state index >= 15 is 0 Å². The highest BCUT2D eigenvalue weighted by Gasteiger charge is 2.22. The van der Waals surface area contributed by atoms with Gasteiger partial charge in [0, 0.05) is 32.1 Å². The summed E-state index contributed by atoms with van der Waals surface area (Å²) in [5, 5.41) is 3.35. The Morgan fingerprint density at radius 3 is 3.13 bits per heavy atom. The van der Waals surface area contributed by atoms with Crippen LogP contribution in [0.15, 0.2) is 12.2 Å². The number of piperazine rings is 1. The van der Waals surface area contributed by atoms with Gasteiger partial charge in [-0.2, -0.15) is 0 Å². The largest absolute Gasteiger partial charge is 0.340 e. The second kappa shape index (κ2) is 4.79. The van der Waals surface area contributed by atoms with Crippen molar-refractivity contribution in [3.05, 3.63) is 12.2 Å². The molecule has 2 atom stereocenters. The quantitative estimate of drug-likeness (QED) is 0.691. The van der Waals surface area contributed by atoms with Crippen LogP contribution in [0.3, 0.4) is 0 Å². The predicted octanol–water partition coefficient (Wildman–Crippen LogP) is 1.16. The Morgan fingerprint density at radius 2 is 2.47 bits per heavy atom. The molecule has 1 aliphatic carbocycles. The second-order valence-corrected chi connectivity index (χ2v) is 4.66. The van der Waals surface area contributed by atoms with Crippen molar-refractivity contribution in [2.45, 2.75) is 32.2 Å². The number of nitrogens with zero attached hydrogens (tertiary/aromatic N) is 1. The van der Waals surface area contributed by atoms with Gasteiger partial charge >= 0.3 is 0 Å². The summed E-state index contributed by atoms with van der Waals surface area (Å²) < 4.78 is 0. The van der Waals surface area contributed by atoms with Crippen LogP contribution in [0.1, 0.15) is 26.2 Å². The van der Waals surface area contributed by atoms with Crippen molar-refractivity contribution in [1.29, 1.82) is 0 Å². The molecule has 0 bridgehead atoms. The minimum absolute atomic E-state index is 0.333. The number of hydrogen-bond acceptors (Lipinski definition) is 2. The molecule has 0 aromatic rings. The molecule has 1 amide bonds. The zero-order chi connectivity index (χ0) is 10.7. The number of nitrogens with one attached hydrogen (secondary N) is 1. The summed E-state index contributed by atoms with van der Waals surface area (Å²) in [6.45, 7) is 4.82. The van der Waals surface area contributed by atoms with Crippen molar-refractivity contribution >= 4 is 5.91 Å². The van der Waals surface area contributed by atoms with E-state index in [-0.39, 0.29) is 0 Å². The van der Waals surface area contributed by atoms with Crippen molar-refractivity contribution in [3.63, 3.8) is 0 Å². The molecule has 1 aliphatic heterocycles. The predicted molar refractivity (Wildman–Crippen MR) is 60.5 cm³/mol. The molecular weight excluding hydrogens is 188 g/mol. The zero-order valence-electron chi connectivity index (χ0n) is 9.41. The maximum absolute atomic E-state index is 12.0. The molecule has 1 fully saturated rings. The van der Waals surface area contributed by atoms with E-state index in [1.165, 1.54) is 0 Å².